The third-order valence-electron chi connectivity index (χ3n) is 2.82. The average Bonchev–Trinajstić information content (AvgIpc) is 2.71. The molecule has 1 aliphatic rings. The van der Waals surface area contributed by atoms with Gasteiger partial charge in [-0.3, -0.25) is 9.48 Å². The molecule has 0 saturated carbocycles. The lowest BCUT2D eigenvalue weighted by molar-refractivity contribution is 0.0506. The number of carbonyl (C=O) groups excluding carboxylic acids is 1. The molecule has 1 aliphatic heterocycles. The van der Waals surface area contributed by atoms with Crippen LogP contribution in [0.15, 0.2) is 6.20 Å². The van der Waals surface area contributed by atoms with E-state index in [1.807, 2.05) is 0 Å². The lowest BCUT2D eigenvalue weighted by Crippen LogP contribution is -2.32. The topological polar surface area (TPSA) is 101 Å². The molecule has 7 nitrogen and oxygen atoms in total. The molecule has 2 atom stereocenters. The van der Waals surface area contributed by atoms with Crippen molar-refractivity contribution in [2.24, 2.45) is 5.73 Å². The first-order valence-corrected chi connectivity index (χ1v) is 5.22. The number of primary amides is 1. The molecular formula is C10H13N5O2. The Labute approximate surface area is 98.1 Å². The van der Waals surface area contributed by atoms with Crippen LogP contribution >= 0.6 is 0 Å². The molecule has 1 fully saturated rings. The van der Waals surface area contributed by atoms with Crippen LogP contribution in [0.4, 0.5) is 5.82 Å². The second kappa shape index (κ2) is 4.43. The van der Waals surface area contributed by atoms with Crippen LogP contribution in [0.3, 0.4) is 0 Å². The van der Waals surface area contributed by atoms with Crippen molar-refractivity contribution in [1.29, 1.82) is 0 Å². The maximum absolute atomic E-state index is 11.1. The van der Waals surface area contributed by atoms with Gasteiger partial charge in [0.1, 0.15) is 11.6 Å². The van der Waals surface area contributed by atoms with Gasteiger partial charge in [-0.25, -0.2) is 6.57 Å². The maximum atomic E-state index is 11.1. The highest BCUT2D eigenvalue weighted by Crippen LogP contribution is 2.24. The molecule has 2 rings (SSSR count). The van der Waals surface area contributed by atoms with Crippen LogP contribution in [0.25, 0.3) is 4.85 Å². The second-order valence-corrected chi connectivity index (χ2v) is 3.90. The molecule has 0 aromatic carbocycles. The Morgan fingerprint density at radius 3 is 3.06 bits per heavy atom. The van der Waals surface area contributed by atoms with Crippen molar-refractivity contribution in [2.75, 3.05) is 18.9 Å². The zero-order chi connectivity index (χ0) is 12.4. The molecule has 1 saturated heterocycles. The molecule has 0 bridgehead atoms. The molecule has 2 heterocycles. The van der Waals surface area contributed by atoms with E-state index in [-0.39, 0.29) is 23.5 Å². The van der Waals surface area contributed by atoms with Crippen molar-refractivity contribution in [1.82, 2.24) is 9.78 Å². The average molecular weight is 235 g/mol. The lowest BCUT2D eigenvalue weighted by atomic mass is 10.1. The molecule has 4 N–H and O–H groups in total. The van der Waals surface area contributed by atoms with Crippen LogP contribution in [0.1, 0.15) is 22.8 Å². The van der Waals surface area contributed by atoms with Gasteiger partial charge in [-0.1, -0.05) is 0 Å². The maximum Gasteiger partial charge on any atom is 0.254 e. The van der Waals surface area contributed by atoms with Gasteiger partial charge in [0, 0.05) is 12.6 Å². The van der Waals surface area contributed by atoms with Crippen LogP contribution < -0.4 is 11.5 Å². The standard InChI is InChI=1S/C10H13N5O2/c1-13-7-2-3-17-5-8(7)15-4-6(10(12)16)9(11)14-15/h4,7-8H,2-3,5H2,(H2,11,14)(H2,12,16)/t7-,8-/m0/s1. The number of hydrogen-bond donors (Lipinski definition) is 2. The molecule has 0 aliphatic carbocycles. The highest BCUT2D eigenvalue weighted by Gasteiger charge is 2.33. The zero-order valence-electron chi connectivity index (χ0n) is 9.17. The monoisotopic (exact) mass is 235 g/mol. The summed E-state index contributed by atoms with van der Waals surface area (Å²) in [4.78, 5) is 14.6. The van der Waals surface area contributed by atoms with E-state index in [0.717, 1.165) is 0 Å². The summed E-state index contributed by atoms with van der Waals surface area (Å²) in [7, 11) is 0. The number of ether oxygens (including phenoxy) is 1. The van der Waals surface area contributed by atoms with Crippen LogP contribution in [0.5, 0.6) is 0 Å². The summed E-state index contributed by atoms with van der Waals surface area (Å²) in [5, 5.41) is 4.02. The summed E-state index contributed by atoms with van der Waals surface area (Å²) in [6, 6.07) is -0.416. The molecule has 0 spiro atoms. The molecule has 0 unspecified atom stereocenters. The lowest BCUT2D eigenvalue weighted by Gasteiger charge is -2.23. The van der Waals surface area contributed by atoms with Gasteiger partial charge in [0.2, 0.25) is 6.04 Å². The van der Waals surface area contributed by atoms with E-state index in [4.69, 9.17) is 22.8 Å². The predicted molar refractivity (Wildman–Crippen MR) is 60.0 cm³/mol. The van der Waals surface area contributed by atoms with Crippen LogP contribution in [-0.4, -0.2) is 34.9 Å². The van der Waals surface area contributed by atoms with Crippen LogP contribution in [0.2, 0.25) is 0 Å². The third kappa shape index (κ3) is 2.07. The number of nitrogens with two attached hydrogens (primary N) is 2. The fourth-order valence-electron chi connectivity index (χ4n) is 1.88. The summed E-state index contributed by atoms with van der Waals surface area (Å²) in [5.41, 5.74) is 10.9. The smallest absolute Gasteiger partial charge is 0.254 e. The second-order valence-electron chi connectivity index (χ2n) is 3.90. The van der Waals surface area contributed by atoms with E-state index in [1.165, 1.54) is 10.9 Å². The Bertz CT molecular complexity index is 476. The number of hydrogen-bond acceptors (Lipinski definition) is 4. The van der Waals surface area contributed by atoms with Crippen LogP contribution in [-0.2, 0) is 4.74 Å². The number of aromatic nitrogens is 2. The fraction of sp³-hybridized carbons (Fsp3) is 0.500. The minimum Gasteiger partial charge on any atom is -0.382 e. The highest BCUT2D eigenvalue weighted by atomic mass is 16.5. The first-order chi connectivity index (χ1) is 8.13. The normalized spacial score (nSPS) is 24.2. The first kappa shape index (κ1) is 11.4. The van der Waals surface area contributed by atoms with E-state index in [0.29, 0.717) is 19.6 Å². The molecule has 17 heavy (non-hydrogen) atoms. The third-order valence-corrected chi connectivity index (χ3v) is 2.82. The molecule has 1 aromatic rings. The van der Waals surface area contributed by atoms with E-state index < -0.39 is 5.91 Å². The zero-order valence-corrected chi connectivity index (χ0v) is 9.17. The quantitative estimate of drug-likeness (QED) is 0.694. The minimum atomic E-state index is -0.621. The Hall–Kier alpha value is -2.07. The van der Waals surface area contributed by atoms with E-state index in [2.05, 4.69) is 9.94 Å². The van der Waals surface area contributed by atoms with Gasteiger partial charge < -0.3 is 21.0 Å². The van der Waals surface area contributed by atoms with Gasteiger partial charge in [0.25, 0.3) is 5.91 Å². The van der Waals surface area contributed by atoms with Crippen molar-refractivity contribution < 1.29 is 9.53 Å². The first-order valence-electron chi connectivity index (χ1n) is 5.22. The molecular weight excluding hydrogens is 222 g/mol. The SMILES string of the molecule is [C-]#[N+][C@H]1CCOC[C@@H]1n1cc(C(N)=O)c(N)n1. The van der Waals surface area contributed by atoms with Crippen molar-refractivity contribution in [2.45, 2.75) is 18.5 Å². The van der Waals surface area contributed by atoms with Gasteiger partial charge in [-0.2, -0.15) is 5.10 Å². The molecule has 7 heteroatoms. The summed E-state index contributed by atoms with van der Waals surface area (Å²) in [5.74, 6) is -0.531. The van der Waals surface area contributed by atoms with Crippen molar-refractivity contribution in [3.05, 3.63) is 23.2 Å². The molecule has 1 aromatic heterocycles. The molecule has 1 amide bonds. The number of nitrogen functional groups attached to an aromatic ring is 1. The van der Waals surface area contributed by atoms with Crippen molar-refractivity contribution >= 4 is 11.7 Å². The number of carbonyl (C=O) groups is 1. The van der Waals surface area contributed by atoms with Gasteiger partial charge in [-0.05, 0) is 0 Å². The van der Waals surface area contributed by atoms with Crippen molar-refractivity contribution in [3.63, 3.8) is 0 Å². The summed E-state index contributed by atoms with van der Waals surface area (Å²) >= 11 is 0. The minimum absolute atomic E-state index is 0.0896. The fourth-order valence-corrected chi connectivity index (χ4v) is 1.88. The van der Waals surface area contributed by atoms with E-state index >= 15 is 0 Å². The summed E-state index contributed by atoms with van der Waals surface area (Å²) in [6.45, 7) is 8.09. The van der Waals surface area contributed by atoms with Crippen LogP contribution in [0, 0.1) is 6.57 Å². The van der Waals surface area contributed by atoms with Gasteiger partial charge in [-0.15, -0.1) is 0 Å². The Balaban J connectivity index is 2.30. The number of amides is 1. The highest BCUT2D eigenvalue weighted by molar-refractivity contribution is 5.96. The van der Waals surface area contributed by atoms with Crippen molar-refractivity contribution in [3.8, 4) is 0 Å². The summed E-state index contributed by atoms with van der Waals surface area (Å²) < 4.78 is 6.83. The Kier molecular flexibility index (Phi) is 2.97. The number of nitrogens with zero attached hydrogens (tertiary/aromatic N) is 3. The summed E-state index contributed by atoms with van der Waals surface area (Å²) in [6.07, 6.45) is 2.13. The van der Waals surface area contributed by atoms with Gasteiger partial charge in [0.05, 0.1) is 13.2 Å². The number of rotatable bonds is 2. The largest absolute Gasteiger partial charge is 0.382 e. The van der Waals surface area contributed by atoms with E-state index in [9.17, 15) is 4.79 Å². The molecule has 0 radical (unpaired) electrons. The van der Waals surface area contributed by atoms with E-state index in [1.54, 1.807) is 0 Å². The van der Waals surface area contributed by atoms with Gasteiger partial charge in [0.15, 0.2) is 5.82 Å². The Morgan fingerprint density at radius 2 is 2.47 bits per heavy atom. The van der Waals surface area contributed by atoms with Gasteiger partial charge >= 0.3 is 0 Å². The number of anilines is 1. The predicted octanol–water partition coefficient (Wildman–Crippen LogP) is -0.187. The molecule has 90 valence electrons. The Morgan fingerprint density at radius 1 is 1.71 bits per heavy atom.